The summed E-state index contributed by atoms with van der Waals surface area (Å²) >= 11 is 0. The highest BCUT2D eigenvalue weighted by molar-refractivity contribution is 5.48. The Hall–Kier alpha value is -2.78. The van der Waals surface area contributed by atoms with Crippen molar-refractivity contribution in [2.24, 2.45) is 0 Å². The van der Waals surface area contributed by atoms with Gasteiger partial charge in [-0.05, 0) is 42.7 Å². The first-order valence-electron chi connectivity index (χ1n) is 8.84. The van der Waals surface area contributed by atoms with Crippen LogP contribution in [0.3, 0.4) is 0 Å². The molecule has 0 unspecified atom stereocenters. The SMILES string of the molecule is N#CCc1cccc(NCC2(c3ccc4c(c3)OCO4)CCOCC2)n1. The van der Waals surface area contributed by atoms with E-state index < -0.39 is 0 Å². The zero-order valence-electron chi connectivity index (χ0n) is 14.5. The van der Waals surface area contributed by atoms with Crippen molar-refractivity contribution in [1.29, 1.82) is 5.26 Å². The van der Waals surface area contributed by atoms with Gasteiger partial charge in [-0.25, -0.2) is 4.98 Å². The van der Waals surface area contributed by atoms with Crippen LogP contribution in [0.15, 0.2) is 36.4 Å². The molecule has 0 aliphatic carbocycles. The second-order valence-corrected chi connectivity index (χ2v) is 6.66. The molecule has 1 aromatic heterocycles. The van der Waals surface area contributed by atoms with Crippen molar-refractivity contribution >= 4 is 5.82 Å². The number of nitrogens with one attached hydrogen (secondary N) is 1. The van der Waals surface area contributed by atoms with Crippen molar-refractivity contribution in [3.8, 4) is 17.6 Å². The number of nitriles is 1. The van der Waals surface area contributed by atoms with E-state index in [0.717, 1.165) is 55.6 Å². The first-order chi connectivity index (χ1) is 12.8. The predicted molar refractivity (Wildman–Crippen MR) is 96.3 cm³/mol. The largest absolute Gasteiger partial charge is 0.454 e. The van der Waals surface area contributed by atoms with E-state index in [4.69, 9.17) is 19.5 Å². The summed E-state index contributed by atoms with van der Waals surface area (Å²) in [6.07, 6.45) is 2.17. The molecule has 6 nitrogen and oxygen atoms in total. The Morgan fingerprint density at radius 1 is 1.12 bits per heavy atom. The average Bonchev–Trinajstić information content (AvgIpc) is 3.16. The summed E-state index contributed by atoms with van der Waals surface area (Å²) in [7, 11) is 0. The summed E-state index contributed by atoms with van der Waals surface area (Å²) < 4.78 is 16.6. The van der Waals surface area contributed by atoms with Crippen LogP contribution in [0.4, 0.5) is 5.82 Å². The van der Waals surface area contributed by atoms with Gasteiger partial charge >= 0.3 is 0 Å². The maximum absolute atomic E-state index is 8.86. The van der Waals surface area contributed by atoms with Crippen LogP contribution in [-0.2, 0) is 16.6 Å². The molecular formula is C20H21N3O3. The molecule has 2 aliphatic rings. The van der Waals surface area contributed by atoms with Gasteiger partial charge in [0, 0.05) is 25.2 Å². The fourth-order valence-corrected chi connectivity index (χ4v) is 3.57. The van der Waals surface area contributed by atoms with E-state index in [2.05, 4.69) is 28.5 Å². The minimum Gasteiger partial charge on any atom is -0.454 e. The van der Waals surface area contributed by atoms with Crippen molar-refractivity contribution in [3.63, 3.8) is 0 Å². The molecule has 2 aromatic rings. The normalized spacial score (nSPS) is 17.5. The van der Waals surface area contributed by atoms with Crippen LogP contribution in [0.2, 0.25) is 0 Å². The molecule has 4 rings (SSSR count). The molecule has 1 N–H and O–H groups in total. The summed E-state index contributed by atoms with van der Waals surface area (Å²) in [5.74, 6) is 2.40. The molecule has 134 valence electrons. The highest BCUT2D eigenvalue weighted by Gasteiger charge is 2.35. The number of aromatic nitrogens is 1. The lowest BCUT2D eigenvalue weighted by Gasteiger charge is -2.38. The van der Waals surface area contributed by atoms with Crippen molar-refractivity contribution < 1.29 is 14.2 Å². The van der Waals surface area contributed by atoms with Crippen LogP contribution in [-0.4, -0.2) is 31.5 Å². The number of pyridine rings is 1. The van der Waals surface area contributed by atoms with Crippen molar-refractivity contribution in [2.45, 2.75) is 24.7 Å². The molecule has 1 saturated heterocycles. The zero-order valence-corrected chi connectivity index (χ0v) is 14.5. The lowest BCUT2D eigenvalue weighted by molar-refractivity contribution is 0.0543. The Morgan fingerprint density at radius 2 is 1.96 bits per heavy atom. The lowest BCUT2D eigenvalue weighted by Crippen LogP contribution is -2.40. The molecule has 0 spiro atoms. The molecule has 1 aromatic carbocycles. The first-order valence-corrected chi connectivity index (χ1v) is 8.84. The van der Waals surface area contributed by atoms with E-state index in [0.29, 0.717) is 6.42 Å². The minimum absolute atomic E-state index is 0.0495. The van der Waals surface area contributed by atoms with E-state index in [9.17, 15) is 0 Å². The van der Waals surface area contributed by atoms with Gasteiger partial charge in [-0.2, -0.15) is 5.26 Å². The van der Waals surface area contributed by atoms with E-state index in [-0.39, 0.29) is 12.2 Å². The fourth-order valence-electron chi connectivity index (χ4n) is 3.57. The summed E-state index contributed by atoms with van der Waals surface area (Å²) in [5.41, 5.74) is 1.96. The number of nitrogens with zero attached hydrogens (tertiary/aromatic N) is 2. The third kappa shape index (κ3) is 3.31. The molecule has 1 fully saturated rings. The topological polar surface area (TPSA) is 76.4 Å². The smallest absolute Gasteiger partial charge is 0.231 e. The third-order valence-electron chi connectivity index (χ3n) is 5.11. The summed E-state index contributed by atoms with van der Waals surface area (Å²) in [4.78, 5) is 4.52. The number of rotatable bonds is 5. The van der Waals surface area contributed by atoms with E-state index >= 15 is 0 Å². The second kappa shape index (κ2) is 7.22. The van der Waals surface area contributed by atoms with Crippen LogP contribution >= 0.6 is 0 Å². The van der Waals surface area contributed by atoms with Crippen molar-refractivity contribution in [2.75, 3.05) is 31.9 Å². The zero-order chi connectivity index (χ0) is 17.8. The summed E-state index contributed by atoms with van der Waals surface area (Å²) in [6.45, 7) is 2.50. The van der Waals surface area contributed by atoms with E-state index in [1.807, 2.05) is 24.3 Å². The van der Waals surface area contributed by atoms with Gasteiger partial charge in [-0.15, -0.1) is 0 Å². The molecular weight excluding hydrogens is 330 g/mol. The van der Waals surface area contributed by atoms with Crippen LogP contribution in [0.1, 0.15) is 24.1 Å². The maximum atomic E-state index is 8.86. The van der Waals surface area contributed by atoms with Crippen LogP contribution in [0.5, 0.6) is 11.5 Å². The number of hydrogen-bond acceptors (Lipinski definition) is 6. The van der Waals surface area contributed by atoms with E-state index in [1.54, 1.807) is 0 Å². The van der Waals surface area contributed by atoms with Crippen LogP contribution < -0.4 is 14.8 Å². The minimum atomic E-state index is -0.0495. The summed E-state index contributed by atoms with van der Waals surface area (Å²) in [6, 6.07) is 14.1. The van der Waals surface area contributed by atoms with Gasteiger partial charge in [-0.3, -0.25) is 0 Å². The second-order valence-electron chi connectivity index (χ2n) is 6.66. The molecule has 0 radical (unpaired) electrons. The monoisotopic (exact) mass is 351 g/mol. The van der Waals surface area contributed by atoms with Crippen molar-refractivity contribution in [1.82, 2.24) is 4.98 Å². The van der Waals surface area contributed by atoms with Gasteiger partial charge in [0.15, 0.2) is 11.5 Å². The van der Waals surface area contributed by atoms with Gasteiger partial charge in [0.25, 0.3) is 0 Å². The fraction of sp³-hybridized carbons (Fsp3) is 0.400. The predicted octanol–water partition coefficient (Wildman–Crippen LogP) is 3.04. The standard InChI is InChI=1S/C20H21N3O3/c21-9-6-16-2-1-3-19(23-16)22-13-20(7-10-24-11-8-20)15-4-5-17-18(12-15)26-14-25-17/h1-5,12H,6-8,10-11,13-14H2,(H,22,23). The summed E-state index contributed by atoms with van der Waals surface area (Å²) in [5, 5.41) is 12.3. The molecule has 2 aliphatic heterocycles. The molecule has 3 heterocycles. The Balaban J connectivity index is 1.57. The van der Waals surface area contributed by atoms with Gasteiger partial charge in [0.1, 0.15) is 5.82 Å². The Bertz CT molecular complexity index is 825. The van der Waals surface area contributed by atoms with Crippen molar-refractivity contribution in [3.05, 3.63) is 47.7 Å². The molecule has 26 heavy (non-hydrogen) atoms. The van der Waals surface area contributed by atoms with E-state index in [1.165, 1.54) is 5.56 Å². The molecule has 0 bridgehead atoms. The average molecular weight is 351 g/mol. The number of benzene rings is 1. The quantitative estimate of drug-likeness (QED) is 0.892. The Labute approximate surface area is 152 Å². The number of fused-ring (bicyclic) bond motifs is 1. The number of anilines is 1. The Morgan fingerprint density at radius 3 is 2.81 bits per heavy atom. The van der Waals surface area contributed by atoms with Gasteiger partial charge in [-0.1, -0.05) is 12.1 Å². The maximum Gasteiger partial charge on any atom is 0.231 e. The first kappa shape index (κ1) is 16.7. The molecule has 0 amide bonds. The third-order valence-corrected chi connectivity index (χ3v) is 5.11. The van der Waals surface area contributed by atoms with Gasteiger partial charge in [0.05, 0.1) is 18.2 Å². The number of ether oxygens (including phenoxy) is 3. The van der Waals surface area contributed by atoms with Gasteiger partial charge < -0.3 is 19.5 Å². The highest BCUT2D eigenvalue weighted by Crippen LogP contribution is 2.40. The van der Waals surface area contributed by atoms with Gasteiger partial charge in [0.2, 0.25) is 6.79 Å². The molecule has 0 saturated carbocycles. The molecule has 6 heteroatoms. The van der Waals surface area contributed by atoms with Crippen LogP contribution in [0, 0.1) is 11.3 Å². The number of hydrogen-bond donors (Lipinski definition) is 1. The Kier molecular flexibility index (Phi) is 4.63. The highest BCUT2D eigenvalue weighted by atomic mass is 16.7. The lowest BCUT2D eigenvalue weighted by atomic mass is 9.74. The van der Waals surface area contributed by atoms with Crippen LogP contribution in [0.25, 0.3) is 0 Å². The molecule has 0 atom stereocenters.